The number of benzene rings is 3. The molecule has 0 atom stereocenters. The molecular formula is C27H29FO2. The Kier molecular flexibility index (Phi) is 7.78. The molecule has 3 rings (SSSR count). The smallest absolute Gasteiger partial charge is 0.338 e. The normalized spacial score (nSPS) is 10.8. The number of halogens is 1. The molecule has 0 unspecified atom stereocenters. The monoisotopic (exact) mass is 404 g/mol. The lowest BCUT2D eigenvalue weighted by atomic mass is 9.92. The van der Waals surface area contributed by atoms with Crippen molar-refractivity contribution < 1.29 is 13.9 Å². The van der Waals surface area contributed by atoms with Crippen molar-refractivity contribution in [1.82, 2.24) is 0 Å². The summed E-state index contributed by atoms with van der Waals surface area (Å²) >= 11 is 0. The second-order valence-electron chi connectivity index (χ2n) is 7.53. The molecule has 0 amide bonds. The van der Waals surface area contributed by atoms with Gasteiger partial charge >= 0.3 is 5.97 Å². The van der Waals surface area contributed by atoms with Crippen LogP contribution >= 0.6 is 0 Å². The average molecular weight is 405 g/mol. The van der Waals surface area contributed by atoms with Crippen LogP contribution in [0.1, 0.15) is 55.5 Å². The Balaban J connectivity index is 1.93. The number of esters is 1. The van der Waals surface area contributed by atoms with Crippen LogP contribution in [-0.2, 0) is 11.2 Å². The molecule has 0 spiro atoms. The van der Waals surface area contributed by atoms with Gasteiger partial charge in [0.2, 0.25) is 0 Å². The molecule has 0 bridgehead atoms. The number of rotatable bonds is 9. The summed E-state index contributed by atoms with van der Waals surface area (Å²) < 4.78 is 20.4. The maximum Gasteiger partial charge on any atom is 0.338 e. The van der Waals surface area contributed by atoms with Crippen LogP contribution in [-0.4, -0.2) is 12.6 Å². The van der Waals surface area contributed by atoms with E-state index in [1.54, 1.807) is 12.1 Å². The summed E-state index contributed by atoms with van der Waals surface area (Å²) in [6, 6.07) is 20.6. The number of carbonyl (C=O) groups is 1. The maximum absolute atomic E-state index is 15.1. The van der Waals surface area contributed by atoms with E-state index >= 15 is 4.39 Å². The Bertz CT molecular complexity index is 979. The van der Waals surface area contributed by atoms with E-state index in [0.29, 0.717) is 17.7 Å². The van der Waals surface area contributed by atoms with E-state index in [1.807, 2.05) is 54.6 Å². The molecular weight excluding hydrogens is 375 g/mol. The van der Waals surface area contributed by atoms with E-state index in [0.717, 1.165) is 54.4 Å². The van der Waals surface area contributed by atoms with E-state index in [-0.39, 0.29) is 11.8 Å². The van der Waals surface area contributed by atoms with Crippen LogP contribution < -0.4 is 0 Å². The molecule has 156 valence electrons. The summed E-state index contributed by atoms with van der Waals surface area (Å²) in [5.41, 5.74) is 4.75. The van der Waals surface area contributed by atoms with Crippen LogP contribution in [0.2, 0.25) is 0 Å². The minimum atomic E-state index is -0.312. The highest BCUT2D eigenvalue weighted by Crippen LogP contribution is 2.31. The molecule has 3 aromatic rings. The second-order valence-corrected chi connectivity index (χ2v) is 7.53. The summed E-state index contributed by atoms with van der Waals surface area (Å²) in [5, 5.41) is 0. The quantitative estimate of drug-likeness (QED) is 0.273. The summed E-state index contributed by atoms with van der Waals surface area (Å²) in [7, 11) is 0. The van der Waals surface area contributed by atoms with Gasteiger partial charge in [-0.3, -0.25) is 0 Å². The molecule has 3 heteroatoms. The van der Waals surface area contributed by atoms with Crippen molar-refractivity contribution in [2.75, 3.05) is 6.61 Å². The molecule has 2 nitrogen and oxygen atoms in total. The summed E-state index contributed by atoms with van der Waals surface area (Å²) in [4.78, 5) is 12.4. The minimum Gasteiger partial charge on any atom is -0.462 e. The predicted molar refractivity (Wildman–Crippen MR) is 121 cm³/mol. The molecule has 0 aromatic heterocycles. The van der Waals surface area contributed by atoms with E-state index in [1.165, 1.54) is 0 Å². The average Bonchev–Trinajstić information content (AvgIpc) is 2.78. The Morgan fingerprint density at radius 3 is 2.27 bits per heavy atom. The largest absolute Gasteiger partial charge is 0.462 e. The Labute approximate surface area is 178 Å². The van der Waals surface area contributed by atoms with Crippen molar-refractivity contribution >= 4 is 5.97 Å². The molecule has 0 aliphatic heterocycles. The first-order valence-electron chi connectivity index (χ1n) is 10.8. The molecule has 0 fully saturated rings. The molecule has 0 aliphatic carbocycles. The number of aryl methyl sites for hydroxylation is 1. The van der Waals surface area contributed by atoms with Crippen LogP contribution in [0, 0.1) is 5.82 Å². The SMILES string of the molecule is CCCCOC(=O)c1ccc(-c2ccc(-c3ccccc3)cc2F)c(CCCC)c1. The highest BCUT2D eigenvalue weighted by atomic mass is 19.1. The molecule has 0 saturated carbocycles. The van der Waals surface area contributed by atoms with Gasteiger partial charge in [-0.1, -0.05) is 75.2 Å². The van der Waals surface area contributed by atoms with Gasteiger partial charge in [0.25, 0.3) is 0 Å². The lowest BCUT2D eigenvalue weighted by molar-refractivity contribution is 0.0499. The Morgan fingerprint density at radius 1 is 0.833 bits per heavy atom. The topological polar surface area (TPSA) is 26.3 Å². The van der Waals surface area contributed by atoms with E-state index in [2.05, 4.69) is 13.8 Å². The zero-order chi connectivity index (χ0) is 21.3. The van der Waals surface area contributed by atoms with Gasteiger partial charge in [0.05, 0.1) is 12.2 Å². The summed E-state index contributed by atoms with van der Waals surface area (Å²) in [6.07, 6.45) is 4.63. The Hall–Kier alpha value is -2.94. The van der Waals surface area contributed by atoms with Crippen molar-refractivity contribution in [1.29, 1.82) is 0 Å². The van der Waals surface area contributed by atoms with Gasteiger partial charge in [-0.2, -0.15) is 0 Å². The summed E-state index contributed by atoms with van der Waals surface area (Å²) in [5.74, 6) is -0.569. The number of ether oxygens (including phenoxy) is 1. The fourth-order valence-corrected chi connectivity index (χ4v) is 3.49. The minimum absolute atomic E-state index is 0.257. The molecule has 0 aliphatic rings. The highest BCUT2D eigenvalue weighted by Gasteiger charge is 2.15. The van der Waals surface area contributed by atoms with Gasteiger partial charge in [-0.05, 0) is 59.7 Å². The number of carbonyl (C=O) groups excluding carboxylic acids is 1. The third-order valence-electron chi connectivity index (χ3n) is 5.24. The molecule has 30 heavy (non-hydrogen) atoms. The van der Waals surface area contributed by atoms with Crippen molar-refractivity contribution in [3.8, 4) is 22.3 Å². The predicted octanol–water partition coefficient (Wildman–Crippen LogP) is 7.46. The van der Waals surface area contributed by atoms with E-state index < -0.39 is 0 Å². The van der Waals surface area contributed by atoms with E-state index in [4.69, 9.17) is 4.74 Å². The molecule has 0 radical (unpaired) electrons. The first-order chi connectivity index (χ1) is 14.6. The van der Waals surface area contributed by atoms with Crippen molar-refractivity contribution in [3.05, 3.63) is 83.7 Å². The number of hydrogen-bond acceptors (Lipinski definition) is 2. The van der Waals surface area contributed by atoms with Crippen LogP contribution in [0.4, 0.5) is 4.39 Å². The van der Waals surface area contributed by atoms with Gasteiger partial charge in [0, 0.05) is 5.56 Å². The first-order valence-corrected chi connectivity index (χ1v) is 10.8. The standard InChI is InChI=1S/C27H29FO2/c1-3-5-10-22-18-23(27(29)30-17-6-4-2)14-15-24(22)25-16-13-21(19-26(25)28)20-11-8-7-9-12-20/h7-9,11-16,18-19H,3-6,10,17H2,1-2H3. The van der Waals surface area contributed by atoms with Crippen molar-refractivity contribution in [2.45, 2.75) is 46.0 Å². The van der Waals surface area contributed by atoms with Gasteiger partial charge in [-0.25, -0.2) is 9.18 Å². The second kappa shape index (κ2) is 10.7. The molecule has 0 saturated heterocycles. The zero-order valence-corrected chi connectivity index (χ0v) is 17.8. The molecule has 0 heterocycles. The third kappa shape index (κ3) is 5.35. The number of unbranched alkanes of at least 4 members (excludes halogenated alkanes) is 2. The Morgan fingerprint density at radius 2 is 1.57 bits per heavy atom. The summed E-state index contributed by atoms with van der Waals surface area (Å²) in [6.45, 7) is 4.61. The highest BCUT2D eigenvalue weighted by molar-refractivity contribution is 5.90. The lowest BCUT2D eigenvalue weighted by Crippen LogP contribution is -2.07. The van der Waals surface area contributed by atoms with Crippen molar-refractivity contribution in [2.24, 2.45) is 0 Å². The lowest BCUT2D eigenvalue weighted by Gasteiger charge is -2.14. The third-order valence-corrected chi connectivity index (χ3v) is 5.24. The maximum atomic E-state index is 15.1. The zero-order valence-electron chi connectivity index (χ0n) is 17.8. The van der Waals surface area contributed by atoms with Crippen LogP contribution in [0.3, 0.4) is 0 Å². The van der Waals surface area contributed by atoms with Gasteiger partial charge in [0.1, 0.15) is 5.82 Å². The van der Waals surface area contributed by atoms with Crippen LogP contribution in [0.15, 0.2) is 66.7 Å². The first kappa shape index (κ1) is 21.8. The fourth-order valence-electron chi connectivity index (χ4n) is 3.49. The van der Waals surface area contributed by atoms with Gasteiger partial charge in [-0.15, -0.1) is 0 Å². The van der Waals surface area contributed by atoms with E-state index in [9.17, 15) is 4.79 Å². The fraction of sp³-hybridized carbons (Fsp3) is 0.296. The molecule has 3 aromatic carbocycles. The number of hydrogen-bond donors (Lipinski definition) is 0. The molecule has 0 N–H and O–H groups in total. The van der Waals surface area contributed by atoms with Crippen molar-refractivity contribution in [3.63, 3.8) is 0 Å². The van der Waals surface area contributed by atoms with Gasteiger partial charge in [0.15, 0.2) is 0 Å². The van der Waals surface area contributed by atoms with Crippen LogP contribution in [0.25, 0.3) is 22.3 Å². The van der Waals surface area contributed by atoms with Crippen LogP contribution in [0.5, 0.6) is 0 Å². The van der Waals surface area contributed by atoms with Gasteiger partial charge < -0.3 is 4.74 Å².